The SMILES string of the molecule is CCC(C)c1ccc(S(=O)(=O)N2CCN(c3nnc(C4CC4)s3)CC2)cc1. The van der Waals surface area contributed by atoms with E-state index in [1.807, 2.05) is 12.1 Å². The van der Waals surface area contributed by atoms with Crippen LogP contribution in [0.5, 0.6) is 0 Å². The first kappa shape index (κ1) is 18.8. The highest BCUT2D eigenvalue weighted by molar-refractivity contribution is 7.89. The third-order valence-corrected chi connectivity index (χ3v) is 8.62. The molecule has 1 saturated heterocycles. The fourth-order valence-corrected chi connectivity index (χ4v) is 5.81. The van der Waals surface area contributed by atoms with E-state index < -0.39 is 10.0 Å². The van der Waals surface area contributed by atoms with Gasteiger partial charge in [0.1, 0.15) is 5.01 Å². The molecule has 1 saturated carbocycles. The molecule has 146 valence electrons. The Hall–Kier alpha value is -1.51. The summed E-state index contributed by atoms with van der Waals surface area (Å²) in [5, 5.41) is 10.6. The van der Waals surface area contributed by atoms with E-state index in [2.05, 4.69) is 28.9 Å². The molecule has 0 amide bonds. The van der Waals surface area contributed by atoms with Crippen molar-refractivity contribution in [3.05, 3.63) is 34.8 Å². The Labute approximate surface area is 165 Å². The van der Waals surface area contributed by atoms with E-state index >= 15 is 0 Å². The van der Waals surface area contributed by atoms with Crippen LogP contribution in [0, 0.1) is 0 Å². The van der Waals surface area contributed by atoms with Gasteiger partial charge in [-0.05, 0) is 42.9 Å². The summed E-state index contributed by atoms with van der Waals surface area (Å²) in [5.74, 6) is 1.05. The van der Waals surface area contributed by atoms with E-state index in [0.717, 1.165) is 16.6 Å². The van der Waals surface area contributed by atoms with Crippen molar-refractivity contribution in [2.45, 2.75) is 49.8 Å². The van der Waals surface area contributed by atoms with Gasteiger partial charge in [0.15, 0.2) is 0 Å². The second-order valence-electron chi connectivity index (χ2n) is 7.47. The predicted octanol–water partition coefficient (Wildman–Crippen LogP) is 3.44. The zero-order chi connectivity index (χ0) is 19.0. The molecule has 1 aliphatic heterocycles. The topological polar surface area (TPSA) is 66.4 Å². The summed E-state index contributed by atoms with van der Waals surface area (Å²) in [6, 6.07) is 7.38. The molecule has 8 heteroatoms. The summed E-state index contributed by atoms with van der Waals surface area (Å²) < 4.78 is 27.5. The van der Waals surface area contributed by atoms with Gasteiger partial charge < -0.3 is 4.90 Å². The molecule has 1 aliphatic carbocycles. The maximum absolute atomic E-state index is 13.0. The monoisotopic (exact) mass is 406 g/mol. The van der Waals surface area contributed by atoms with Crippen LogP contribution in [0.15, 0.2) is 29.2 Å². The van der Waals surface area contributed by atoms with Gasteiger partial charge in [0.05, 0.1) is 4.90 Å². The average molecular weight is 407 g/mol. The van der Waals surface area contributed by atoms with Gasteiger partial charge in [-0.2, -0.15) is 4.31 Å². The molecule has 2 heterocycles. The summed E-state index contributed by atoms with van der Waals surface area (Å²) in [4.78, 5) is 2.54. The quantitative estimate of drug-likeness (QED) is 0.735. The van der Waals surface area contributed by atoms with Crippen LogP contribution in [-0.2, 0) is 10.0 Å². The van der Waals surface area contributed by atoms with Crippen LogP contribution >= 0.6 is 11.3 Å². The Morgan fingerprint density at radius 2 is 1.78 bits per heavy atom. The molecule has 1 aromatic heterocycles. The molecule has 0 bridgehead atoms. The minimum absolute atomic E-state index is 0.384. The number of piperazine rings is 1. The number of aromatic nitrogens is 2. The van der Waals surface area contributed by atoms with Crippen molar-refractivity contribution in [1.82, 2.24) is 14.5 Å². The fourth-order valence-electron chi connectivity index (χ4n) is 3.32. The van der Waals surface area contributed by atoms with Gasteiger partial charge in [-0.15, -0.1) is 10.2 Å². The molecular formula is C19H26N4O2S2. The Bertz CT molecular complexity index is 883. The fraction of sp³-hybridized carbons (Fsp3) is 0.579. The molecule has 0 N–H and O–H groups in total. The van der Waals surface area contributed by atoms with Crippen LogP contribution in [-0.4, -0.2) is 49.1 Å². The van der Waals surface area contributed by atoms with E-state index in [1.54, 1.807) is 27.8 Å². The normalized spacial score (nSPS) is 20.0. The Balaban J connectivity index is 1.41. The number of nitrogens with zero attached hydrogens (tertiary/aromatic N) is 4. The number of benzene rings is 1. The highest BCUT2D eigenvalue weighted by Gasteiger charge is 2.31. The summed E-state index contributed by atoms with van der Waals surface area (Å²) in [5.41, 5.74) is 1.18. The van der Waals surface area contributed by atoms with Gasteiger partial charge in [-0.3, -0.25) is 0 Å². The molecule has 2 aromatic rings. The zero-order valence-electron chi connectivity index (χ0n) is 15.8. The van der Waals surface area contributed by atoms with Crippen molar-refractivity contribution in [1.29, 1.82) is 0 Å². The van der Waals surface area contributed by atoms with Crippen LogP contribution in [0.2, 0.25) is 0 Å². The number of anilines is 1. The molecule has 1 aromatic carbocycles. The summed E-state index contributed by atoms with van der Waals surface area (Å²) in [7, 11) is -3.44. The van der Waals surface area contributed by atoms with Crippen molar-refractivity contribution in [2.75, 3.05) is 31.1 Å². The smallest absolute Gasteiger partial charge is 0.243 e. The first-order valence-electron chi connectivity index (χ1n) is 9.67. The van der Waals surface area contributed by atoms with Crippen LogP contribution in [0.3, 0.4) is 0 Å². The molecule has 2 aliphatic rings. The van der Waals surface area contributed by atoms with Crippen LogP contribution in [0.1, 0.15) is 55.5 Å². The van der Waals surface area contributed by atoms with Crippen LogP contribution in [0.25, 0.3) is 0 Å². The molecule has 6 nitrogen and oxygen atoms in total. The van der Waals surface area contributed by atoms with Crippen molar-refractivity contribution in [3.63, 3.8) is 0 Å². The number of rotatable bonds is 6. The molecule has 4 rings (SSSR count). The van der Waals surface area contributed by atoms with E-state index in [-0.39, 0.29) is 0 Å². The lowest BCUT2D eigenvalue weighted by Crippen LogP contribution is -2.48. The predicted molar refractivity (Wildman–Crippen MR) is 108 cm³/mol. The lowest BCUT2D eigenvalue weighted by molar-refractivity contribution is 0.384. The third-order valence-electron chi connectivity index (χ3n) is 5.56. The first-order valence-corrected chi connectivity index (χ1v) is 11.9. The number of sulfonamides is 1. The molecule has 0 radical (unpaired) electrons. The molecule has 1 unspecified atom stereocenters. The van der Waals surface area contributed by atoms with Gasteiger partial charge in [0.25, 0.3) is 0 Å². The largest absolute Gasteiger partial charge is 0.344 e. The van der Waals surface area contributed by atoms with Gasteiger partial charge in [0.2, 0.25) is 15.2 Å². The van der Waals surface area contributed by atoms with Gasteiger partial charge >= 0.3 is 0 Å². The highest BCUT2D eigenvalue weighted by Crippen LogP contribution is 2.42. The van der Waals surface area contributed by atoms with Gasteiger partial charge in [-0.25, -0.2) is 8.42 Å². The molecule has 27 heavy (non-hydrogen) atoms. The summed E-state index contributed by atoms with van der Waals surface area (Å²) in [6.07, 6.45) is 3.48. The zero-order valence-corrected chi connectivity index (χ0v) is 17.5. The molecule has 1 atom stereocenters. The van der Waals surface area contributed by atoms with Crippen molar-refractivity contribution in [2.24, 2.45) is 0 Å². The maximum atomic E-state index is 13.0. The first-order chi connectivity index (χ1) is 13.0. The standard InChI is InChI=1S/C19H26N4O2S2/c1-3-14(2)15-6-8-17(9-7-15)27(24,25)23-12-10-22(11-13-23)19-21-20-18(26-19)16-4-5-16/h6-9,14,16H,3-5,10-13H2,1-2H3. The lowest BCUT2D eigenvalue weighted by atomic mass is 9.99. The summed E-state index contributed by atoms with van der Waals surface area (Å²) in [6.45, 7) is 6.57. The maximum Gasteiger partial charge on any atom is 0.243 e. The second kappa shape index (κ2) is 7.48. The van der Waals surface area contributed by atoms with E-state index in [9.17, 15) is 8.42 Å². The van der Waals surface area contributed by atoms with Crippen LogP contribution < -0.4 is 4.90 Å². The van der Waals surface area contributed by atoms with Crippen molar-refractivity contribution < 1.29 is 8.42 Å². The van der Waals surface area contributed by atoms with E-state index in [1.165, 1.54) is 18.4 Å². The molecular weight excluding hydrogens is 380 g/mol. The molecule has 0 spiro atoms. The third kappa shape index (κ3) is 3.88. The number of hydrogen-bond acceptors (Lipinski definition) is 6. The highest BCUT2D eigenvalue weighted by atomic mass is 32.2. The van der Waals surface area contributed by atoms with Crippen LogP contribution in [0.4, 0.5) is 5.13 Å². The minimum atomic E-state index is -3.44. The average Bonchev–Trinajstić information content (AvgIpc) is 3.44. The van der Waals surface area contributed by atoms with E-state index in [0.29, 0.717) is 42.9 Å². The lowest BCUT2D eigenvalue weighted by Gasteiger charge is -2.33. The Morgan fingerprint density at radius 3 is 2.37 bits per heavy atom. The molecule has 2 fully saturated rings. The number of hydrogen-bond donors (Lipinski definition) is 0. The minimum Gasteiger partial charge on any atom is -0.344 e. The Morgan fingerprint density at radius 1 is 1.11 bits per heavy atom. The Kier molecular flexibility index (Phi) is 5.22. The second-order valence-corrected chi connectivity index (χ2v) is 10.4. The van der Waals surface area contributed by atoms with Gasteiger partial charge in [-0.1, -0.05) is 37.3 Å². The van der Waals surface area contributed by atoms with Gasteiger partial charge in [0, 0.05) is 32.1 Å². The van der Waals surface area contributed by atoms with E-state index in [4.69, 9.17) is 0 Å². The van der Waals surface area contributed by atoms with Crippen molar-refractivity contribution >= 4 is 26.5 Å². The van der Waals surface area contributed by atoms with Crippen molar-refractivity contribution in [3.8, 4) is 0 Å². The summed E-state index contributed by atoms with van der Waals surface area (Å²) >= 11 is 1.66.